The maximum Gasteiger partial charge on any atom is 0.266 e. The van der Waals surface area contributed by atoms with Gasteiger partial charge < -0.3 is 5.32 Å². The smallest absolute Gasteiger partial charge is 0.266 e. The molecule has 0 aliphatic rings. The fourth-order valence-electron chi connectivity index (χ4n) is 2.04. The number of hydrogen-bond acceptors (Lipinski definition) is 2. The number of anilines is 1. The van der Waals surface area contributed by atoms with Crippen molar-refractivity contribution in [3.05, 3.63) is 68.8 Å². The van der Waals surface area contributed by atoms with Crippen molar-refractivity contribution in [1.82, 2.24) is 0 Å². The van der Waals surface area contributed by atoms with Gasteiger partial charge in [-0.25, -0.2) is 0 Å². The van der Waals surface area contributed by atoms with E-state index in [-0.39, 0.29) is 5.57 Å². The largest absolute Gasteiger partial charge is 0.320 e. The molecule has 4 heteroatoms. The van der Waals surface area contributed by atoms with Crippen LogP contribution < -0.4 is 5.32 Å². The lowest BCUT2D eigenvalue weighted by Crippen LogP contribution is -2.14. The molecule has 2 aromatic rings. The van der Waals surface area contributed by atoms with Crippen LogP contribution in [0.5, 0.6) is 0 Å². The summed E-state index contributed by atoms with van der Waals surface area (Å²) in [5.74, 6) is 0.0523. The highest BCUT2D eigenvalue weighted by atomic mass is 127. The predicted molar refractivity (Wildman–Crippen MR) is 102 cm³/mol. The number of carbonyl (C=O) groups excluding carboxylic acids is 1. The number of amides is 1. The average molecular weight is 416 g/mol. The minimum atomic E-state index is -0.399. The number of hydrogen-bond donors (Lipinski definition) is 1. The highest BCUT2D eigenvalue weighted by molar-refractivity contribution is 14.1. The number of rotatable bonds is 4. The summed E-state index contributed by atoms with van der Waals surface area (Å²) in [6.45, 7) is 4.25. The lowest BCUT2D eigenvalue weighted by molar-refractivity contribution is -0.112. The summed E-state index contributed by atoms with van der Waals surface area (Å²) >= 11 is 2.15. The Bertz CT molecular complexity index is 771. The molecule has 0 spiro atoms. The van der Waals surface area contributed by atoms with E-state index in [9.17, 15) is 10.1 Å². The van der Waals surface area contributed by atoms with Gasteiger partial charge in [-0.3, -0.25) is 4.79 Å². The second-order valence-electron chi connectivity index (χ2n) is 5.43. The van der Waals surface area contributed by atoms with Crippen LogP contribution in [-0.4, -0.2) is 5.91 Å². The summed E-state index contributed by atoms with van der Waals surface area (Å²) in [4.78, 5) is 12.3. The van der Waals surface area contributed by atoms with E-state index >= 15 is 0 Å². The monoisotopic (exact) mass is 416 g/mol. The Morgan fingerprint density at radius 1 is 1.17 bits per heavy atom. The van der Waals surface area contributed by atoms with Gasteiger partial charge in [0.1, 0.15) is 11.6 Å². The Morgan fingerprint density at radius 3 is 2.39 bits per heavy atom. The van der Waals surface area contributed by atoms with Crippen molar-refractivity contribution < 1.29 is 4.79 Å². The summed E-state index contributed by atoms with van der Waals surface area (Å²) in [7, 11) is 0. The zero-order valence-corrected chi connectivity index (χ0v) is 15.2. The first-order chi connectivity index (χ1) is 11.0. The maximum atomic E-state index is 12.3. The number of halogens is 1. The van der Waals surface area contributed by atoms with Crippen LogP contribution in [-0.2, 0) is 4.79 Å². The Kier molecular flexibility index (Phi) is 5.94. The minimum Gasteiger partial charge on any atom is -0.320 e. The van der Waals surface area contributed by atoms with Gasteiger partial charge in [0.15, 0.2) is 0 Å². The zero-order chi connectivity index (χ0) is 16.8. The molecule has 0 aliphatic heterocycles. The van der Waals surface area contributed by atoms with Gasteiger partial charge >= 0.3 is 0 Å². The van der Waals surface area contributed by atoms with Crippen LogP contribution in [0.2, 0.25) is 0 Å². The average Bonchev–Trinajstić information content (AvgIpc) is 2.55. The van der Waals surface area contributed by atoms with E-state index in [0.717, 1.165) is 9.13 Å². The summed E-state index contributed by atoms with van der Waals surface area (Å²) in [6.07, 6.45) is 1.61. The van der Waals surface area contributed by atoms with Crippen LogP contribution in [0.25, 0.3) is 6.08 Å². The van der Waals surface area contributed by atoms with Gasteiger partial charge in [0.25, 0.3) is 5.91 Å². The molecule has 116 valence electrons. The van der Waals surface area contributed by atoms with Gasteiger partial charge in [-0.05, 0) is 57.8 Å². The number of nitrogens with one attached hydrogen (secondary N) is 1. The van der Waals surface area contributed by atoms with Crippen LogP contribution in [0.1, 0.15) is 30.9 Å². The standard InChI is InChI=1S/C19H17IN2O/c1-13(2)15-9-7-14(8-10-15)11-16(12-21)19(23)22-18-6-4-3-5-17(18)20/h3-11,13H,1-2H3,(H,22,23). The Morgan fingerprint density at radius 2 is 1.83 bits per heavy atom. The first-order valence-corrected chi connectivity index (χ1v) is 8.36. The van der Waals surface area contributed by atoms with Crippen molar-refractivity contribution in [3.63, 3.8) is 0 Å². The maximum absolute atomic E-state index is 12.3. The third-order valence-corrected chi connectivity index (χ3v) is 4.34. The number of nitriles is 1. The molecule has 1 N–H and O–H groups in total. The van der Waals surface area contributed by atoms with Crippen LogP contribution >= 0.6 is 22.6 Å². The summed E-state index contributed by atoms with van der Waals surface area (Å²) < 4.78 is 0.928. The number of carbonyl (C=O) groups is 1. The molecule has 0 fully saturated rings. The Hall–Kier alpha value is -2.13. The molecular formula is C19H17IN2O. The van der Waals surface area contributed by atoms with Crippen LogP contribution in [0.4, 0.5) is 5.69 Å². The van der Waals surface area contributed by atoms with Crippen molar-refractivity contribution in [3.8, 4) is 6.07 Å². The second kappa shape index (κ2) is 7.93. The van der Waals surface area contributed by atoms with Gasteiger partial charge in [0, 0.05) is 3.57 Å². The fourth-order valence-corrected chi connectivity index (χ4v) is 2.57. The zero-order valence-electron chi connectivity index (χ0n) is 13.0. The van der Waals surface area contributed by atoms with Gasteiger partial charge in [-0.15, -0.1) is 0 Å². The van der Waals surface area contributed by atoms with Crippen LogP contribution in [0.3, 0.4) is 0 Å². The third kappa shape index (κ3) is 4.67. The molecule has 0 saturated heterocycles. The van der Waals surface area contributed by atoms with E-state index in [1.807, 2.05) is 54.6 Å². The molecule has 1 amide bonds. The highest BCUT2D eigenvalue weighted by Crippen LogP contribution is 2.19. The van der Waals surface area contributed by atoms with E-state index in [2.05, 4.69) is 41.8 Å². The normalized spacial score (nSPS) is 11.2. The van der Waals surface area contributed by atoms with Crippen molar-refractivity contribution in [2.24, 2.45) is 0 Å². The number of nitrogens with zero attached hydrogens (tertiary/aromatic N) is 1. The lowest BCUT2D eigenvalue weighted by Gasteiger charge is -2.07. The summed E-state index contributed by atoms with van der Waals surface area (Å²) in [5.41, 5.74) is 2.85. The van der Waals surface area contributed by atoms with E-state index in [0.29, 0.717) is 11.6 Å². The molecule has 0 aliphatic carbocycles. The van der Waals surface area contributed by atoms with Gasteiger partial charge in [-0.1, -0.05) is 50.2 Å². The molecule has 2 rings (SSSR count). The Balaban J connectivity index is 2.20. The van der Waals surface area contributed by atoms with Crippen molar-refractivity contribution in [2.75, 3.05) is 5.32 Å². The Labute approximate surface area is 150 Å². The van der Waals surface area contributed by atoms with E-state index < -0.39 is 5.91 Å². The highest BCUT2D eigenvalue weighted by Gasteiger charge is 2.11. The summed E-state index contributed by atoms with van der Waals surface area (Å²) in [6, 6.07) is 17.3. The summed E-state index contributed by atoms with van der Waals surface area (Å²) in [5, 5.41) is 12.0. The first-order valence-electron chi connectivity index (χ1n) is 7.29. The van der Waals surface area contributed by atoms with Crippen LogP contribution in [0.15, 0.2) is 54.1 Å². The second-order valence-corrected chi connectivity index (χ2v) is 6.59. The molecule has 0 bridgehead atoms. The third-order valence-electron chi connectivity index (χ3n) is 3.40. The molecule has 2 aromatic carbocycles. The molecule has 23 heavy (non-hydrogen) atoms. The molecule has 3 nitrogen and oxygen atoms in total. The SMILES string of the molecule is CC(C)c1ccc(C=C(C#N)C(=O)Nc2ccccc2I)cc1. The quantitative estimate of drug-likeness (QED) is 0.435. The van der Waals surface area contributed by atoms with E-state index in [4.69, 9.17) is 0 Å². The van der Waals surface area contributed by atoms with Crippen molar-refractivity contribution >= 4 is 40.3 Å². The minimum absolute atomic E-state index is 0.0851. The molecular weight excluding hydrogens is 399 g/mol. The fraction of sp³-hybridized carbons (Fsp3) is 0.158. The van der Waals surface area contributed by atoms with Gasteiger partial charge in [0.2, 0.25) is 0 Å². The van der Waals surface area contributed by atoms with Gasteiger partial charge in [-0.2, -0.15) is 5.26 Å². The molecule has 0 radical (unpaired) electrons. The van der Waals surface area contributed by atoms with Crippen molar-refractivity contribution in [2.45, 2.75) is 19.8 Å². The topological polar surface area (TPSA) is 52.9 Å². The van der Waals surface area contributed by atoms with Crippen molar-refractivity contribution in [1.29, 1.82) is 5.26 Å². The lowest BCUT2D eigenvalue weighted by atomic mass is 10.0. The molecule has 0 aromatic heterocycles. The number of benzene rings is 2. The van der Waals surface area contributed by atoms with E-state index in [1.165, 1.54) is 5.56 Å². The molecule has 0 atom stereocenters. The first kappa shape index (κ1) is 17.2. The van der Waals surface area contributed by atoms with Crippen LogP contribution in [0, 0.1) is 14.9 Å². The van der Waals surface area contributed by atoms with E-state index in [1.54, 1.807) is 6.08 Å². The molecule has 0 heterocycles. The predicted octanol–water partition coefficient (Wildman–Crippen LogP) is 4.96. The molecule has 0 unspecified atom stereocenters. The number of para-hydroxylation sites is 1. The molecule has 0 saturated carbocycles. The van der Waals surface area contributed by atoms with Gasteiger partial charge in [0.05, 0.1) is 5.69 Å².